The maximum Gasteiger partial charge on any atom is 0.429 e. The van der Waals surface area contributed by atoms with E-state index in [0.717, 1.165) is 11.1 Å². The van der Waals surface area contributed by atoms with Crippen LogP contribution < -0.4 is 5.32 Å². The van der Waals surface area contributed by atoms with Crippen LogP contribution in [0.1, 0.15) is 42.0 Å². The van der Waals surface area contributed by atoms with Crippen LogP contribution in [-0.2, 0) is 4.79 Å². The molecular weight excluding hydrogens is 470 g/mol. The number of amides is 1. The Bertz CT molecular complexity index is 1360. The number of aryl methyl sites for hydroxylation is 1. The van der Waals surface area contributed by atoms with Gasteiger partial charge in [0.05, 0.1) is 23.4 Å². The zero-order chi connectivity index (χ0) is 25.9. The van der Waals surface area contributed by atoms with Crippen LogP contribution >= 0.6 is 0 Å². The minimum atomic E-state index is -4.71. The van der Waals surface area contributed by atoms with Crippen LogP contribution in [0.5, 0.6) is 0 Å². The summed E-state index contributed by atoms with van der Waals surface area (Å²) in [5.41, 5.74) is 2.10. The fourth-order valence-corrected chi connectivity index (χ4v) is 4.38. The summed E-state index contributed by atoms with van der Waals surface area (Å²) in [5, 5.41) is 11.6. The molecule has 36 heavy (non-hydrogen) atoms. The molecule has 1 amide bonds. The molecule has 0 fully saturated rings. The summed E-state index contributed by atoms with van der Waals surface area (Å²) in [6, 6.07) is 19.3. The van der Waals surface area contributed by atoms with Gasteiger partial charge >= 0.3 is 6.18 Å². The molecule has 8 heteroatoms. The predicted octanol–water partition coefficient (Wildman–Crippen LogP) is 7.16. The molecule has 0 spiro atoms. The Hall–Kier alpha value is -3.99. The number of carbonyl (C=O) groups is 1. The van der Waals surface area contributed by atoms with Crippen molar-refractivity contribution in [2.24, 2.45) is 10.9 Å². The Balaban J connectivity index is 1.54. The lowest BCUT2D eigenvalue weighted by atomic mass is 9.93. The highest BCUT2D eigenvalue weighted by Crippen LogP contribution is 2.36. The normalized spacial score (nSPS) is 18.1. The highest BCUT2D eigenvalue weighted by atomic mass is 19.4. The maximum absolute atomic E-state index is 14.9. The van der Waals surface area contributed by atoms with Crippen molar-refractivity contribution in [3.8, 4) is 17.2 Å². The molecule has 1 heterocycles. The smallest absolute Gasteiger partial charge is 0.323 e. The Morgan fingerprint density at radius 1 is 1.06 bits per heavy atom. The third-order valence-electron chi connectivity index (χ3n) is 6.32. The van der Waals surface area contributed by atoms with Gasteiger partial charge in [-0.3, -0.25) is 9.79 Å². The molecular formula is C28H23F4N3O. The number of benzene rings is 3. The van der Waals surface area contributed by atoms with Crippen LogP contribution in [-0.4, -0.2) is 17.8 Å². The number of nitriles is 1. The van der Waals surface area contributed by atoms with E-state index >= 15 is 0 Å². The number of aliphatic imine (C=N–C) groups is 1. The fourth-order valence-electron chi connectivity index (χ4n) is 4.38. The van der Waals surface area contributed by atoms with Gasteiger partial charge in [-0.1, -0.05) is 42.5 Å². The average molecular weight is 494 g/mol. The number of hydrogen-bond donors (Lipinski definition) is 1. The SMILES string of the molecule is Cc1ccccc1-c1ccc(NC(=O)C2CCC(c3cccc(C#N)c3)N=C(C(F)(F)F)C2)c(F)c1. The predicted molar refractivity (Wildman–Crippen MR) is 130 cm³/mol. The molecule has 0 saturated heterocycles. The summed E-state index contributed by atoms with van der Waals surface area (Å²) >= 11 is 0. The number of nitrogens with zero attached hydrogens (tertiary/aromatic N) is 2. The summed E-state index contributed by atoms with van der Waals surface area (Å²) < 4.78 is 56.1. The Morgan fingerprint density at radius 2 is 1.83 bits per heavy atom. The number of nitrogens with one attached hydrogen (secondary N) is 1. The van der Waals surface area contributed by atoms with Gasteiger partial charge in [0.1, 0.15) is 11.5 Å². The molecule has 0 aliphatic carbocycles. The van der Waals surface area contributed by atoms with E-state index in [9.17, 15) is 22.4 Å². The Kier molecular flexibility index (Phi) is 7.20. The van der Waals surface area contributed by atoms with Gasteiger partial charge in [0.15, 0.2) is 0 Å². The summed E-state index contributed by atoms with van der Waals surface area (Å²) in [6.45, 7) is 1.90. The molecule has 1 N–H and O–H groups in total. The number of rotatable bonds is 4. The van der Waals surface area contributed by atoms with E-state index in [1.165, 1.54) is 18.2 Å². The topological polar surface area (TPSA) is 65.2 Å². The monoisotopic (exact) mass is 493 g/mol. The quantitative estimate of drug-likeness (QED) is 0.392. The van der Waals surface area contributed by atoms with Gasteiger partial charge in [-0.25, -0.2) is 4.39 Å². The molecule has 1 aliphatic rings. The molecule has 0 bridgehead atoms. The van der Waals surface area contributed by atoms with Crippen molar-refractivity contribution in [3.63, 3.8) is 0 Å². The summed E-state index contributed by atoms with van der Waals surface area (Å²) in [6.07, 6.45) is -5.01. The van der Waals surface area contributed by atoms with Crippen molar-refractivity contribution in [1.29, 1.82) is 5.26 Å². The largest absolute Gasteiger partial charge is 0.429 e. The molecule has 3 aromatic rings. The van der Waals surface area contributed by atoms with Crippen molar-refractivity contribution in [2.75, 3.05) is 5.32 Å². The van der Waals surface area contributed by atoms with Crippen molar-refractivity contribution in [2.45, 2.75) is 38.4 Å². The number of halogens is 4. The second-order valence-corrected chi connectivity index (χ2v) is 8.80. The second-order valence-electron chi connectivity index (χ2n) is 8.80. The zero-order valence-corrected chi connectivity index (χ0v) is 19.4. The van der Waals surface area contributed by atoms with Crippen molar-refractivity contribution in [1.82, 2.24) is 0 Å². The molecule has 4 rings (SSSR count). The standard InChI is InChI=1S/C28H23F4N3O/c1-17-5-2-3-8-22(17)19-9-12-25(23(29)14-19)35-27(36)21-10-11-24(34-26(15-21)28(30,31)32)20-7-4-6-18(13-20)16-33/h2-9,12-14,21,24H,10-11,15H2,1H3,(H,35,36). The third-order valence-corrected chi connectivity index (χ3v) is 6.32. The van der Waals surface area contributed by atoms with Gasteiger partial charge < -0.3 is 5.32 Å². The van der Waals surface area contributed by atoms with Gasteiger partial charge in [0.25, 0.3) is 0 Å². The van der Waals surface area contributed by atoms with Crippen molar-refractivity contribution < 1.29 is 22.4 Å². The van der Waals surface area contributed by atoms with E-state index < -0.39 is 42.0 Å². The van der Waals surface area contributed by atoms with E-state index in [0.29, 0.717) is 16.7 Å². The van der Waals surface area contributed by atoms with E-state index in [-0.39, 0.29) is 18.5 Å². The summed E-state index contributed by atoms with van der Waals surface area (Å²) in [7, 11) is 0. The first-order valence-corrected chi connectivity index (χ1v) is 11.5. The maximum atomic E-state index is 14.9. The lowest BCUT2D eigenvalue weighted by Gasteiger charge is -2.17. The molecule has 2 unspecified atom stereocenters. The van der Waals surface area contributed by atoms with Crippen molar-refractivity contribution >= 4 is 17.3 Å². The van der Waals surface area contributed by atoms with Crippen LogP contribution in [0, 0.1) is 30.0 Å². The first kappa shape index (κ1) is 25.1. The molecule has 184 valence electrons. The molecule has 0 saturated carbocycles. The van der Waals surface area contributed by atoms with Gasteiger partial charge in [0.2, 0.25) is 5.91 Å². The lowest BCUT2D eigenvalue weighted by Crippen LogP contribution is -2.30. The minimum Gasteiger partial charge on any atom is -0.323 e. The van der Waals surface area contributed by atoms with E-state index in [1.807, 2.05) is 37.3 Å². The molecule has 1 aliphatic heterocycles. The number of anilines is 1. The van der Waals surface area contributed by atoms with E-state index in [1.54, 1.807) is 24.3 Å². The summed E-state index contributed by atoms with van der Waals surface area (Å²) in [4.78, 5) is 16.9. The number of hydrogen-bond acceptors (Lipinski definition) is 3. The van der Waals surface area contributed by atoms with Crippen LogP contribution in [0.4, 0.5) is 23.2 Å². The Morgan fingerprint density at radius 3 is 2.53 bits per heavy atom. The lowest BCUT2D eigenvalue weighted by molar-refractivity contribution is -0.120. The molecule has 0 aromatic heterocycles. The number of carbonyl (C=O) groups excluding carboxylic acids is 1. The third kappa shape index (κ3) is 5.62. The van der Waals surface area contributed by atoms with Gasteiger partial charge in [0, 0.05) is 12.3 Å². The molecule has 0 radical (unpaired) electrons. The van der Waals surface area contributed by atoms with E-state index in [4.69, 9.17) is 5.26 Å². The first-order valence-electron chi connectivity index (χ1n) is 11.5. The van der Waals surface area contributed by atoms with Gasteiger partial charge in [-0.2, -0.15) is 18.4 Å². The van der Waals surface area contributed by atoms with Gasteiger partial charge in [-0.15, -0.1) is 0 Å². The van der Waals surface area contributed by atoms with Crippen LogP contribution in [0.25, 0.3) is 11.1 Å². The number of alkyl halides is 3. The fraction of sp³-hybridized carbons (Fsp3) is 0.250. The van der Waals surface area contributed by atoms with Gasteiger partial charge in [-0.05, 0) is 66.3 Å². The minimum absolute atomic E-state index is 0.0923. The summed E-state index contributed by atoms with van der Waals surface area (Å²) in [5.74, 6) is -2.40. The van der Waals surface area contributed by atoms with E-state index in [2.05, 4.69) is 10.3 Å². The first-order chi connectivity index (χ1) is 17.2. The zero-order valence-electron chi connectivity index (χ0n) is 19.4. The Labute approximate surface area is 206 Å². The molecule has 2 atom stereocenters. The van der Waals surface area contributed by atoms with Crippen molar-refractivity contribution in [3.05, 3.63) is 89.2 Å². The second kappa shape index (κ2) is 10.3. The molecule has 4 nitrogen and oxygen atoms in total. The van der Waals surface area contributed by atoms with Crippen LogP contribution in [0.3, 0.4) is 0 Å². The average Bonchev–Trinajstić information content (AvgIpc) is 3.09. The van der Waals surface area contributed by atoms with Crippen LogP contribution in [0.15, 0.2) is 71.7 Å². The highest BCUT2D eigenvalue weighted by Gasteiger charge is 2.40. The highest BCUT2D eigenvalue weighted by molar-refractivity contribution is 5.98. The van der Waals surface area contributed by atoms with Crippen LogP contribution in [0.2, 0.25) is 0 Å². The molecule has 3 aromatic carbocycles.